The van der Waals surface area contributed by atoms with Gasteiger partial charge in [0.25, 0.3) is 11.5 Å². The van der Waals surface area contributed by atoms with Crippen LogP contribution >= 0.6 is 0 Å². The molecule has 0 saturated heterocycles. The second-order valence-corrected chi connectivity index (χ2v) is 8.60. The molecule has 0 saturated carbocycles. The summed E-state index contributed by atoms with van der Waals surface area (Å²) in [5.74, 6) is 0.597. The summed E-state index contributed by atoms with van der Waals surface area (Å²) in [6.45, 7) is 2.31. The number of benzene rings is 3. The fourth-order valence-corrected chi connectivity index (χ4v) is 3.86. The number of aryl methyl sites for hydroxylation is 1. The van der Waals surface area contributed by atoms with Gasteiger partial charge in [0.1, 0.15) is 5.75 Å². The fourth-order valence-electron chi connectivity index (χ4n) is 3.86. The van der Waals surface area contributed by atoms with Crippen LogP contribution in [0.5, 0.6) is 11.5 Å². The summed E-state index contributed by atoms with van der Waals surface area (Å²) >= 11 is 0. The van der Waals surface area contributed by atoms with Crippen molar-refractivity contribution >= 4 is 17.3 Å². The molecule has 0 fully saturated rings. The number of carbonyl (C=O) groups is 1. The highest BCUT2D eigenvalue weighted by atomic mass is 16.5. The second kappa shape index (κ2) is 11.2. The molecule has 5 rings (SSSR count). The average Bonchev–Trinajstić information content (AvgIpc) is 2.95. The van der Waals surface area contributed by atoms with Crippen LogP contribution in [0.4, 0.5) is 11.4 Å². The molecule has 8 nitrogen and oxygen atoms in total. The molecular formula is C30H25N5O3. The van der Waals surface area contributed by atoms with Crippen LogP contribution in [0.15, 0.2) is 114 Å². The molecule has 0 aliphatic carbocycles. The van der Waals surface area contributed by atoms with Gasteiger partial charge in [0.15, 0.2) is 11.4 Å². The Morgan fingerprint density at radius 2 is 1.76 bits per heavy atom. The van der Waals surface area contributed by atoms with E-state index in [1.54, 1.807) is 48.8 Å². The standard InChI is InChI=1S/C30H25N5O3/c1-21-8-5-14-26(16-21)38-27-20-33-35(25-12-3-2-4-13-25)30(37)28(27)34-24-11-6-10-23(17-24)29(36)32-19-22-9-7-15-31-18-22/h2-18,20,34H,19H2,1H3,(H,32,36). The second-order valence-electron chi connectivity index (χ2n) is 8.60. The number of nitrogens with one attached hydrogen (secondary N) is 2. The fraction of sp³-hybridized carbons (Fsp3) is 0.0667. The van der Waals surface area contributed by atoms with Crippen LogP contribution < -0.4 is 20.9 Å². The summed E-state index contributed by atoms with van der Waals surface area (Å²) in [6, 6.07) is 27.3. The van der Waals surface area contributed by atoms with E-state index in [4.69, 9.17) is 4.74 Å². The Balaban J connectivity index is 1.46. The monoisotopic (exact) mass is 503 g/mol. The minimum Gasteiger partial charge on any atom is -0.453 e. The lowest BCUT2D eigenvalue weighted by Crippen LogP contribution is -2.24. The lowest BCUT2D eigenvalue weighted by Gasteiger charge is -2.15. The maximum Gasteiger partial charge on any atom is 0.299 e. The van der Waals surface area contributed by atoms with Gasteiger partial charge in [-0.2, -0.15) is 9.78 Å². The molecule has 1 amide bonds. The van der Waals surface area contributed by atoms with E-state index in [0.29, 0.717) is 29.2 Å². The molecule has 0 aliphatic rings. The molecule has 0 aliphatic heterocycles. The summed E-state index contributed by atoms with van der Waals surface area (Å²) in [5, 5.41) is 10.4. The lowest BCUT2D eigenvalue weighted by atomic mass is 10.1. The minimum absolute atomic E-state index is 0.193. The van der Waals surface area contributed by atoms with Crippen molar-refractivity contribution in [1.82, 2.24) is 20.1 Å². The number of aromatic nitrogens is 3. The van der Waals surface area contributed by atoms with Crippen LogP contribution in [0.2, 0.25) is 0 Å². The summed E-state index contributed by atoms with van der Waals surface area (Å²) in [4.78, 5) is 30.5. The van der Waals surface area contributed by atoms with Crippen molar-refractivity contribution in [3.8, 4) is 17.2 Å². The third kappa shape index (κ3) is 5.76. The molecule has 0 unspecified atom stereocenters. The van der Waals surface area contributed by atoms with Gasteiger partial charge in [-0.15, -0.1) is 0 Å². The third-order valence-electron chi connectivity index (χ3n) is 5.73. The van der Waals surface area contributed by atoms with Crippen LogP contribution in [0, 0.1) is 6.92 Å². The molecule has 38 heavy (non-hydrogen) atoms. The van der Waals surface area contributed by atoms with E-state index < -0.39 is 5.56 Å². The number of anilines is 2. The highest BCUT2D eigenvalue weighted by molar-refractivity contribution is 5.95. The van der Waals surface area contributed by atoms with E-state index in [-0.39, 0.29) is 17.3 Å². The van der Waals surface area contributed by atoms with Crippen molar-refractivity contribution in [2.75, 3.05) is 5.32 Å². The van der Waals surface area contributed by atoms with Gasteiger partial charge < -0.3 is 15.4 Å². The first-order valence-corrected chi connectivity index (χ1v) is 12.0. The zero-order chi connectivity index (χ0) is 26.3. The van der Waals surface area contributed by atoms with E-state index in [2.05, 4.69) is 20.7 Å². The van der Waals surface area contributed by atoms with E-state index in [0.717, 1.165) is 11.1 Å². The Labute approximate surface area is 219 Å². The molecule has 0 radical (unpaired) electrons. The predicted molar refractivity (Wildman–Crippen MR) is 146 cm³/mol. The molecule has 0 spiro atoms. The van der Waals surface area contributed by atoms with Crippen molar-refractivity contribution < 1.29 is 9.53 Å². The minimum atomic E-state index is -0.396. The zero-order valence-electron chi connectivity index (χ0n) is 20.7. The highest BCUT2D eigenvalue weighted by Crippen LogP contribution is 2.29. The van der Waals surface area contributed by atoms with Crippen LogP contribution in [0.25, 0.3) is 5.69 Å². The molecule has 2 N–H and O–H groups in total. The average molecular weight is 504 g/mol. The molecular weight excluding hydrogens is 478 g/mol. The number of hydrogen-bond donors (Lipinski definition) is 2. The maximum absolute atomic E-state index is 13.6. The van der Waals surface area contributed by atoms with Crippen LogP contribution in [0.3, 0.4) is 0 Å². The van der Waals surface area contributed by atoms with Crippen molar-refractivity contribution in [1.29, 1.82) is 0 Å². The predicted octanol–water partition coefficient (Wildman–Crippen LogP) is 5.40. The number of hydrogen-bond acceptors (Lipinski definition) is 6. The Morgan fingerprint density at radius 3 is 2.55 bits per heavy atom. The van der Waals surface area contributed by atoms with Gasteiger partial charge in [-0.05, 0) is 66.6 Å². The van der Waals surface area contributed by atoms with Crippen molar-refractivity contribution in [3.05, 3.63) is 137 Å². The van der Waals surface area contributed by atoms with Crippen LogP contribution in [0.1, 0.15) is 21.5 Å². The highest BCUT2D eigenvalue weighted by Gasteiger charge is 2.16. The van der Waals surface area contributed by atoms with Gasteiger partial charge >= 0.3 is 0 Å². The Morgan fingerprint density at radius 1 is 0.921 bits per heavy atom. The zero-order valence-corrected chi connectivity index (χ0v) is 20.7. The first kappa shape index (κ1) is 24.5. The molecule has 0 atom stereocenters. The van der Waals surface area contributed by atoms with Crippen LogP contribution in [-0.4, -0.2) is 20.7 Å². The van der Waals surface area contributed by atoms with Gasteiger partial charge in [0, 0.05) is 30.2 Å². The van der Waals surface area contributed by atoms with Crippen LogP contribution in [-0.2, 0) is 6.54 Å². The Hall–Kier alpha value is -5.24. The van der Waals surface area contributed by atoms with E-state index in [1.165, 1.54) is 10.9 Å². The third-order valence-corrected chi connectivity index (χ3v) is 5.73. The van der Waals surface area contributed by atoms with Crippen molar-refractivity contribution in [2.24, 2.45) is 0 Å². The molecule has 2 heterocycles. The van der Waals surface area contributed by atoms with E-state index in [9.17, 15) is 9.59 Å². The largest absolute Gasteiger partial charge is 0.453 e. The normalized spacial score (nSPS) is 10.6. The first-order chi connectivity index (χ1) is 18.6. The lowest BCUT2D eigenvalue weighted by molar-refractivity contribution is 0.0951. The number of rotatable bonds is 8. The smallest absolute Gasteiger partial charge is 0.299 e. The quantitative estimate of drug-likeness (QED) is 0.294. The van der Waals surface area contributed by atoms with Gasteiger partial charge in [0.05, 0.1) is 11.9 Å². The maximum atomic E-state index is 13.6. The molecule has 2 aromatic heterocycles. The molecule has 3 aromatic carbocycles. The molecule has 188 valence electrons. The number of pyridine rings is 1. The Bertz CT molecular complexity index is 1620. The topological polar surface area (TPSA) is 98.1 Å². The molecule has 5 aromatic rings. The van der Waals surface area contributed by atoms with Gasteiger partial charge in [-0.3, -0.25) is 14.6 Å². The number of ether oxygens (including phenoxy) is 1. The number of para-hydroxylation sites is 1. The SMILES string of the molecule is Cc1cccc(Oc2cnn(-c3ccccc3)c(=O)c2Nc2cccc(C(=O)NCc3cccnc3)c2)c1. The number of amides is 1. The van der Waals surface area contributed by atoms with Crippen molar-refractivity contribution in [3.63, 3.8) is 0 Å². The Kier molecular flexibility index (Phi) is 7.22. The number of carbonyl (C=O) groups excluding carboxylic acids is 1. The molecule has 8 heteroatoms. The summed E-state index contributed by atoms with van der Waals surface area (Å²) < 4.78 is 7.38. The van der Waals surface area contributed by atoms with Gasteiger partial charge in [-0.1, -0.05) is 42.5 Å². The molecule has 0 bridgehead atoms. The number of nitrogens with zero attached hydrogens (tertiary/aromatic N) is 3. The summed E-state index contributed by atoms with van der Waals surface area (Å²) in [6.07, 6.45) is 4.89. The van der Waals surface area contributed by atoms with Gasteiger partial charge in [-0.25, -0.2) is 0 Å². The first-order valence-electron chi connectivity index (χ1n) is 12.0. The van der Waals surface area contributed by atoms with E-state index in [1.807, 2.05) is 61.5 Å². The van der Waals surface area contributed by atoms with Gasteiger partial charge in [0.2, 0.25) is 0 Å². The summed E-state index contributed by atoms with van der Waals surface area (Å²) in [7, 11) is 0. The van der Waals surface area contributed by atoms with Crippen molar-refractivity contribution in [2.45, 2.75) is 13.5 Å². The summed E-state index contributed by atoms with van der Waals surface area (Å²) in [5.41, 5.74) is 3.32. The van der Waals surface area contributed by atoms with E-state index >= 15 is 0 Å².